The highest BCUT2D eigenvalue weighted by molar-refractivity contribution is 7.98. The second kappa shape index (κ2) is 7.55. The van der Waals surface area contributed by atoms with Crippen LogP contribution in [0.1, 0.15) is 38.5 Å². The average molecular weight is 216 g/mol. The molecule has 0 atom stereocenters. The van der Waals surface area contributed by atoms with E-state index in [2.05, 4.69) is 11.6 Å². The van der Waals surface area contributed by atoms with Crippen LogP contribution in [0.15, 0.2) is 0 Å². The predicted molar refractivity (Wildman–Crippen MR) is 65.9 cm³/mol. The molecule has 1 aliphatic rings. The summed E-state index contributed by atoms with van der Waals surface area (Å²) in [5.74, 6) is 1.30. The van der Waals surface area contributed by atoms with Crippen LogP contribution in [0.4, 0.5) is 0 Å². The third kappa shape index (κ3) is 5.23. The number of hydrogen-bond donors (Lipinski definition) is 2. The Balaban J connectivity index is 1.91. The fourth-order valence-corrected chi connectivity index (χ4v) is 2.49. The SMILES string of the molecule is CSCCCCNC1CCC(N)CC1. The molecule has 2 nitrogen and oxygen atoms in total. The van der Waals surface area contributed by atoms with Crippen LogP contribution in [0, 0.1) is 0 Å². The van der Waals surface area contributed by atoms with Gasteiger partial charge in [0.25, 0.3) is 0 Å². The predicted octanol–water partition coefficient (Wildman–Crippen LogP) is 1.99. The standard InChI is InChI=1S/C11H24N2S/c1-14-9-3-2-8-13-11-6-4-10(12)5-7-11/h10-11,13H,2-9,12H2,1H3. The molecule has 14 heavy (non-hydrogen) atoms. The molecule has 0 amide bonds. The van der Waals surface area contributed by atoms with Crippen LogP contribution in [0.5, 0.6) is 0 Å². The first-order chi connectivity index (χ1) is 6.83. The van der Waals surface area contributed by atoms with Crippen molar-refractivity contribution in [3.05, 3.63) is 0 Å². The maximum absolute atomic E-state index is 5.86. The Morgan fingerprint density at radius 2 is 1.93 bits per heavy atom. The molecule has 1 rings (SSSR count). The van der Waals surface area contributed by atoms with Crippen LogP contribution in [0.25, 0.3) is 0 Å². The van der Waals surface area contributed by atoms with Crippen molar-refractivity contribution in [1.29, 1.82) is 0 Å². The molecule has 0 bridgehead atoms. The second-order valence-corrected chi connectivity index (χ2v) is 5.25. The maximum Gasteiger partial charge on any atom is 0.00682 e. The molecule has 1 saturated carbocycles. The average Bonchev–Trinajstić information content (AvgIpc) is 2.21. The lowest BCUT2D eigenvalue weighted by Gasteiger charge is -2.26. The lowest BCUT2D eigenvalue weighted by atomic mass is 9.92. The van der Waals surface area contributed by atoms with Gasteiger partial charge in [0, 0.05) is 12.1 Å². The minimum absolute atomic E-state index is 0.476. The first kappa shape index (κ1) is 12.3. The van der Waals surface area contributed by atoms with Crippen LogP contribution in [0.2, 0.25) is 0 Å². The van der Waals surface area contributed by atoms with Crippen molar-refractivity contribution in [2.24, 2.45) is 5.73 Å². The summed E-state index contributed by atoms with van der Waals surface area (Å²) in [4.78, 5) is 0. The zero-order valence-corrected chi connectivity index (χ0v) is 10.1. The zero-order valence-electron chi connectivity index (χ0n) is 9.30. The van der Waals surface area contributed by atoms with Crippen molar-refractivity contribution in [1.82, 2.24) is 5.32 Å². The summed E-state index contributed by atoms with van der Waals surface area (Å²) in [7, 11) is 0. The van der Waals surface area contributed by atoms with Crippen LogP contribution >= 0.6 is 11.8 Å². The van der Waals surface area contributed by atoms with Gasteiger partial charge < -0.3 is 11.1 Å². The van der Waals surface area contributed by atoms with Crippen LogP contribution in [0.3, 0.4) is 0 Å². The lowest BCUT2D eigenvalue weighted by Crippen LogP contribution is -2.37. The molecule has 3 heteroatoms. The fourth-order valence-electron chi connectivity index (χ4n) is 2.00. The van der Waals surface area contributed by atoms with Crippen molar-refractivity contribution in [2.45, 2.75) is 50.6 Å². The monoisotopic (exact) mass is 216 g/mol. The third-order valence-corrected chi connectivity index (χ3v) is 3.68. The summed E-state index contributed by atoms with van der Waals surface area (Å²) < 4.78 is 0. The Morgan fingerprint density at radius 3 is 2.57 bits per heavy atom. The van der Waals surface area contributed by atoms with E-state index >= 15 is 0 Å². The normalized spacial score (nSPS) is 27.9. The van der Waals surface area contributed by atoms with Gasteiger partial charge in [-0.25, -0.2) is 0 Å². The number of unbranched alkanes of at least 4 members (excludes halogenated alkanes) is 1. The maximum atomic E-state index is 5.86. The summed E-state index contributed by atoms with van der Waals surface area (Å²) in [6.07, 6.45) is 9.83. The molecular formula is C11H24N2S. The highest BCUT2D eigenvalue weighted by Crippen LogP contribution is 2.16. The topological polar surface area (TPSA) is 38.0 Å². The van der Waals surface area contributed by atoms with E-state index in [1.54, 1.807) is 0 Å². The van der Waals surface area contributed by atoms with Gasteiger partial charge in [-0.15, -0.1) is 0 Å². The highest BCUT2D eigenvalue weighted by atomic mass is 32.2. The molecule has 0 aliphatic heterocycles. The van der Waals surface area contributed by atoms with Crippen molar-refractivity contribution < 1.29 is 0 Å². The summed E-state index contributed by atoms with van der Waals surface area (Å²) in [6.45, 7) is 1.19. The van der Waals surface area contributed by atoms with Gasteiger partial charge in [0.05, 0.1) is 0 Å². The number of hydrogen-bond acceptors (Lipinski definition) is 3. The molecule has 1 aliphatic carbocycles. The minimum atomic E-state index is 0.476. The molecule has 0 radical (unpaired) electrons. The Hall–Kier alpha value is 0.270. The number of thioether (sulfide) groups is 1. The lowest BCUT2D eigenvalue weighted by molar-refractivity contribution is 0.342. The Bertz CT molecular complexity index is 133. The second-order valence-electron chi connectivity index (χ2n) is 4.27. The highest BCUT2D eigenvalue weighted by Gasteiger charge is 2.17. The van der Waals surface area contributed by atoms with Gasteiger partial charge in [-0.1, -0.05) is 0 Å². The van der Waals surface area contributed by atoms with Crippen LogP contribution in [-0.4, -0.2) is 30.6 Å². The molecule has 0 saturated heterocycles. The van der Waals surface area contributed by atoms with Gasteiger partial charge in [0.15, 0.2) is 0 Å². The first-order valence-corrected chi connectivity index (χ1v) is 7.20. The molecule has 0 aromatic heterocycles. The molecule has 0 aromatic rings. The van der Waals surface area contributed by atoms with E-state index < -0.39 is 0 Å². The van der Waals surface area contributed by atoms with Gasteiger partial charge in [0.1, 0.15) is 0 Å². The van der Waals surface area contributed by atoms with E-state index in [0.29, 0.717) is 6.04 Å². The molecule has 3 N–H and O–H groups in total. The van der Waals surface area contributed by atoms with Crippen molar-refractivity contribution in [3.63, 3.8) is 0 Å². The smallest absolute Gasteiger partial charge is 0.00682 e. The molecule has 0 heterocycles. The molecular weight excluding hydrogens is 192 g/mol. The summed E-state index contributed by atoms with van der Waals surface area (Å²) in [5, 5.41) is 3.64. The summed E-state index contributed by atoms with van der Waals surface area (Å²) >= 11 is 1.94. The van der Waals surface area contributed by atoms with Crippen molar-refractivity contribution >= 4 is 11.8 Å². The molecule has 0 aromatic carbocycles. The largest absolute Gasteiger partial charge is 0.328 e. The zero-order chi connectivity index (χ0) is 10.2. The van der Waals surface area contributed by atoms with Gasteiger partial charge in [0.2, 0.25) is 0 Å². The number of rotatable bonds is 6. The van der Waals surface area contributed by atoms with Crippen LogP contribution < -0.4 is 11.1 Å². The summed E-state index contributed by atoms with van der Waals surface area (Å²) in [6, 6.07) is 1.23. The number of nitrogens with one attached hydrogen (secondary N) is 1. The van der Waals surface area contributed by atoms with E-state index in [0.717, 1.165) is 6.04 Å². The fraction of sp³-hybridized carbons (Fsp3) is 1.00. The van der Waals surface area contributed by atoms with E-state index in [9.17, 15) is 0 Å². The van der Waals surface area contributed by atoms with E-state index in [1.165, 1.54) is 50.8 Å². The first-order valence-electron chi connectivity index (χ1n) is 5.81. The molecule has 84 valence electrons. The van der Waals surface area contributed by atoms with E-state index in [4.69, 9.17) is 5.73 Å². The number of nitrogens with two attached hydrogens (primary N) is 1. The molecule has 0 spiro atoms. The molecule has 0 unspecified atom stereocenters. The van der Waals surface area contributed by atoms with E-state index in [-0.39, 0.29) is 0 Å². The van der Waals surface area contributed by atoms with Gasteiger partial charge >= 0.3 is 0 Å². The van der Waals surface area contributed by atoms with Gasteiger partial charge in [-0.3, -0.25) is 0 Å². The van der Waals surface area contributed by atoms with Crippen LogP contribution in [-0.2, 0) is 0 Å². The van der Waals surface area contributed by atoms with Gasteiger partial charge in [-0.2, -0.15) is 11.8 Å². The Labute approximate surface area is 92.4 Å². The Morgan fingerprint density at radius 1 is 1.21 bits per heavy atom. The van der Waals surface area contributed by atoms with Crippen molar-refractivity contribution in [3.8, 4) is 0 Å². The van der Waals surface area contributed by atoms with E-state index in [1.807, 2.05) is 11.8 Å². The third-order valence-electron chi connectivity index (χ3n) is 2.98. The summed E-state index contributed by atoms with van der Waals surface area (Å²) in [5.41, 5.74) is 5.86. The quantitative estimate of drug-likeness (QED) is 0.667. The van der Waals surface area contributed by atoms with Gasteiger partial charge in [-0.05, 0) is 57.1 Å². The minimum Gasteiger partial charge on any atom is -0.328 e. The molecule has 1 fully saturated rings. The Kier molecular flexibility index (Phi) is 6.65. The van der Waals surface area contributed by atoms with Crippen molar-refractivity contribution in [2.75, 3.05) is 18.6 Å².